The first-order valence-corrected chi connectivity index (χ1v) is 13.4. The Morgan fingerprint density at radius 2 is 0.969 bits per heavy atom. The van der Waals surface area contributed by atoms with Gasteiger partial charge in [-0.05, 0) is 41.0 Å². The van der Waals surface area contributed by atoms with Crippen molar-refractivity contribution in [1.29, 1.82) is 0 Å². The molecule has 0 N–H and O–H groups in total. The van der Waals surface area contributed by atoms with Gasteiger partial charge in [-0.15, -0.1) is 0 Å². The fourth-order valence-electron chi connectivity index (χ4n) is 3.31. The first-order valence-electron chi connectivity index (χ1n) is 11.4. The molecule has 1 aromatic heterocycles. The SMILES string of the molecule is CCOCCn1c(=O)n(CCC[Si](OCC)(OCC)OCC)c(=O)n(CCOCC)c1=O. The fourth-order valence-corrected chi connectivity index (χ4v) is 5.91. The minimum Gasteiger partial charge on any atom is -0.380 e. The van der Waals surface area contributed by atoms with Gasteiger partial charge in [-0.25, -0.2) is 28.1 Å². The highest BCUT2D eigenvalue weighted by molar-refractivity contribution is 6.60. The van der Waals surface area contributed by atoms with Gasteiger partial charge < -0.3 is 22.8 Å². The molecule has 1 rings (SSSR count). The molecule has 11 nitrogen and oxygen atoms in total. The molecule has 0 fully saturated rings. The van der Waals surface area contributed by atoms with E-state index in [-0.39, 0.29) is 32.8 Å². The van der Waals surface area contributed by atoms with Gasteiger partial charge in [0, 0.05) is 45.6 Å². The number of ether oxygens (including phenoxy) is 2. The minimum atomic E-state index is -2.91. The summed E-state index contributed by atoms with van der Waals surface area (Å²) in [5.41, 5.74) is -1.95. The average Bonchev–Trinajstić information content (AvgIpc) is 2.76. The van der Waals surface area contributed by atoms with Crippen molar-refractivity contribution in [2.75, 3.05) is 46.2 Å². The Kier molecular flexibility index (Phi) is 13.6. The van der Waals surface area contributed by atoms with Gasteiger partial charge >= 0.3 is 25.9 Å². The molecule has 0 bridgehead atoms. The third-order valence-corrected chi connectivity index (χ3v) is 7.82. The number of nitrogens with zero attached hydrogens (tertiary/aromatic N) is 3. The van der Waals surface area contributed by atoms with Gasteiger partial charge in [-0.3, -0.25) is 0 Å². The molecule has 0 spiro atoms. The summed E-state index contributed by atoms with van der Waals surface area (Å²) in [6.45, 7) is 12.2. The second-order valence-corrected chi connectivity index (χ2v) is 9.51. The van der Waals surface area contributed by atoms with Crippen LogP contribution in [0, 0.1) is 0 Å². The second kappa shape index (κ2) is 15.3. The molecule has 0 unspecified atom stereocenters. The van der Waals surface area contributed by atoms with Crippen LogP contribution in [-0.2, 0) is 42.4 Å². The highest BCUT2D eigenvalue weighted by Gasteiger charge is 2.39. The zero-order valence-electron chi connectivity index (χ0n) is 20.1. The van der Waals surface area contributed by atoms with E-state index in [1.807, 2.05) is 34.6 Å². The second-order valence-electron chi connectivity index (χ2n) is 6.78. The van der Waals surface area contributed by atoms with E-state index in [9.17, 15) is 14.4 Å². The summed E-state index contributed by atoms with van der Waals surface area (Å²) in [6, 6.07) is 0.450. The highest BCUT2D eigenvalue weighted by Crippen LogP contribution is 2.18. The largest absolute Gasteiger partial charge is 0.500 e. The maximum Gasteiger partial charge on any atom is 0.500 e. The lowest BCUT2D eigenvalue weighted by Gasteiger charge is -2.28. The van der Waals surface area contributed by atoms with Crippen LogP contribution in [-0.4, -0.2) is 68.8 Å². The molecule has 0 aromatic carbocycles. The van der Waals surface area contributed by atoms with Gasteiger partial charge in [0.15, 0.2) is 0 Å². The molecule has 0 aliphatic rings. The summed E-state index contributed by atoms with van der Waals surface area (Å²) in [5, 5.41) is 0. The van der Waals surface area contributed by atoms with Crippen LogP contribution in [0.4, 0.5) is 0 Å². The Balaban J connectivity index is 3.22. The topological polar surface area (TPSA) is 112 Å². The van der Waals surface area contributed by atoms with Gasteiger partial charge in [0.05, 0.1) is 26.3 Å². The summed E-state index contributed by atoms with van der Waals surface area (Å²) in [7, 11) is -2.91. The van der Waals surface area contributed by atoms with Gasteiger partial charge in [-0.2, -0.15) is 0 Å². The highest BCUT2D eigenvalue weighted by atomic mass is 28.4. The lowest BCUT2D eigenvalue weighted by Crippen LogP contribution is -2.55. The van der Waals surface area contributed by atoms with E-state index in [4.69, 9.17) is 22.8 Å². The van der Waals surface area contributed by atoms with Gasteiger partial charge in [0.2, 0.25) is 0 Å². The van der Waals surface area contributed by atoms with Crippen molar-refractivity contribution in [1.82, 2.24) is 13.7 Å². The fraction of sp³-hybridized carbons (Fsp3) is 0.850. The average molecular weight is 478 g/mol. The van der Waals surface area contributed by atoms with Crippen molar-refractivity contribution in [3.8, 4) is 0 Å². The van der Waals surface area contributed by atoms with E-state index in [0.717, 1.165) is 13.7 Å². The number of aromatic nitrogens is 3. The Labute approximate surface area is 190 Å². The van der Waals surface area contributed by atoms with Crippen LogP contribution in [0.3, 0.4) is 0 Å². The van der Waals surface area contributed by atoms with Crippen LogP contribution < -0.4 is 17.1 Å². The summed E-state index contributed by atoms with van der Waals surface area (Å²) >= 11 is 0. The lowest BCUT2D eigenvalue weighted by atomic mass is 10.4. The summed E-state index contributed by atoms with van der Waals surface area (Å²) in [6.07, 6.45) is 0.427. The van der Waals surface area contributed by atoms with Crippen molar-refractivity contribution in [3.05, 3.63) is 31.5 Å². The third-order valence-electron chi connectivity index (χ3n) is 4.67. The molecule has 0 aliphatic carbocycles. The van der Waals surface area contributed by atoms with Crippen LogP contribution in [0.5, 0.6) is 0 Å². The monoisotopic (exact) mass is 477 g/mol. The molecule has 0 saturated heterocycles. The van der Waals surface area contributed by atoms with E-state index in [1.54, 1.807) is 0 Å². The maximum absolute atomic E-state index is 13.0. The van der Waals surface area contributed by atoms with Crippen LogP contribution in [0.15, 0.2) is 14.4 Å². The van der Waals surface area contributed by atoms with Crippen molar-refractivity contribution < 1.29 is 22.8 Å². The Bertz CT molecular complexity index is 770. The van der Waals surface area contributed by atoms with Gasteiger partial charge in [-0.1, -0.05) is 0 Å². The van der Waals surface area contributed by atoms with Crippen molar-refractivity contribution >= 4 is 8.80 Å². The van der Waals surface area contributed by atoms with Gasteiger partial charge in [0.25, 0.3) is 0 Å². The molecule has 1 aromatic rings. The minimum absolute atomic E-state index is 0.0654. The standard InChI is InChI=1S/C20H39N3O8Si/c1-6-27-15-13-22-18(24)21(19(25)23(20(22)26)14-16-28-7-2)12-11-17-32(29-8-3,30-9-4)31-10-5/h6-17H2,1-5H3. The van der Waals surface area contributed by atoms with Crippen molar-refractivity contribution in [2.24, 2.45) is 0 Å². The molecule has 0 radical (unpaired) electrons. The molecule has 0 atom stereocenters. The number of hydrogen-bond donors (Lipinski definition) is 0. The van der Waals surface area contributed by atoms with Crippen LogP contribution in [0.1, 0.15) is 41.0 Å². The Morgan fingerprint density at radius 3 is 1.31 bits per heavy atom. The lowest BCUT2D eigenvalue weighted by molar-refractivity contribution is 0.0704. The molecule has 186 valence electrons. The molecule has 32 heavy (non-hydrogen) atoms. The Hall–Kier alpha value is -1.57. The van der Waals surface area contributed by atoms with E-state index in [1.165, 1.54) is 0 Å². The summed E-state index contributed by atoms with van der Waals surface area (Å²) < 4.78 is 31.3. The van der Waals surface area contributed by atoms with Crippen molar-refractivity contribution in [2.45, 2.75) is 66.7 Å². The molecular weight excluding hydrogens is 438 g/mol. The number of hydrogen-bond acceptors (Lipinski definition) is 8. The van der Waals surface area contributed by atoms with E-state index in [0.29, 0.717) is 45.5 Å². The smallest absolute Gasteiger partial charge is 0.380 e. The first-order chi connectivity index (χ1) is 15.4. The van der Waals surface area contributed by atoms with Gasteiger partial charge in [0.1, 0.15) is 0 Å². The molecule has 0 saturated carbocycles. The molecule has 12 heteroatoms. The molecule has 1 heterocycles. The third kappa shape index (κ3) is 8.09. The normalized spacial score (nSPS) is 11.9. The van der Waals surface area contributed by atoms with Crippen molar-refractivity contribution in [3.63, 3.8) is 0 Å². The van der Waals surface area contributed by atoms with E-state index in [2.05, 4.69) is 0 Å². The summed E-state index contributed by atoms with van der Waals surface area (Å²) in [4.78, 5) is 38.7. The predicted molar refractivity (Wildman–Crippen MR) is 122 cm³/mol. The maximum atomic E-state index is 13.0. The molecule has 0 aliphatic heterocycles. The first kappa shape index (κ1) is 28.5. The quantitative estimate of drug-likeness (QED) is 0.224. The van der Waals surface area contributed by atoms with Crippen LogP contribution in [0.25, 0.3) is 0 Å². The number of rotatable bonds is 18. The van der Waals surface area contributed by atoms with E-state index >= 15 is 0 Å². The molecule has 0 amide bonds. The zero-order valence-corrected chi connectivity index (χ0v) is 21.1. The van der Waals surface area contributed by atoms with Crippen LogP contribution in [0.2, 0.25) is 6.04 Å². The zero-order chi connectivity index (χ0) is 24.0. The summed E-state index contributed by atoms with van der Waals surface area (Å²) in [5.74, 6) is 0. The van der Waals surface area contributed by atoms with E-state index < -0.39 is 25.9 Å². The predicted octanol–water partition coefficient (Wildman–Crippen LogP) is 0.683. The van der Waals surface area contributed by atoms with Crippen LogP contribution >= 0.6 is 0 Å². The molecular formula is C20H39N3O8Si. The Morgan fingerprint density at radius 1 is 0.594 bits per heavy atom.